The highest BCUT2D eigenvalue weighted by Gasteiger charge is 2.26. The molecule has 0 aliphatic heterocycles. The fraction of sp³-hybridized carbons (Fsp3) is 0.318. The predicted octanol–water partition coefficient (Wildman–Crippen LogP) is 5.84. The van der Waals surface area contributed by atoms with Crippen LogP contribution in [0.3, 0.4) is 0 Å². The smallest absolute Gasteiger partial charge is 0.224 e. The van der Waals surface area contributed by atoms with Gasteiger partial charge in [-0.25, -0.2) is 9.97 Å². The SMILES string of the molecule is Nc1nc2cc(CCC3CCC(n4ccc5cnc(Cl)nc54)C3)ccc2cc1Cl. The number of fused-ring (bicyclic) bond motifs is 2. The highest BCUT2D eigenvalue weighted by molar-refractivity contribution is 6.33. The minimum absolute atomic E-state index is 0.304. The highest BCUT2D eigenvalue weighted by Crippen LogP contribution is 2.38. The number of rotatable bonds is 4. The molecule has 2 N–H and O–H groups in total. The van der Waals surface area contributed by atoms with E-state index in [-0.39, 0.29) is 0 Å². The van der Waals surface area contributed by atoms with Crippen LogP contribution in [0, 0.1) is 5.92 Å². The maximum absolute atomic E-state index is 6.07. The summed E-state index contributed by atoms with van der Waals surface area (Å²) in [5, 5.41) is 2.88. The number of nitrogens with two attached hydrogens (primary N) is 1. The van der Waals surface area contributed by atoms with Crippen molar-refractivity contribution >= 4 is 51.0 Å². The summed E-state index contributed by atoms with van der Waals surface area (Å²) in [6.07, 6.45) is 9.69. The summed E-state index contributed by atoms with van der Waals surface area (Å²) in [6, 6.07) is 10.8. The van der Waals surface area contributed by atoms with Crippen molar-refractivity contribution in [2.24, 2.45) is 5.92 Å². The van der Waals surface area contributed by atoms with Crippen LogP contribution in [0.25, 0.3) is 21.9 Å². The molecule has 0 saturated heterocycles. The van der Waals surface area contributed by atoms with Gasteiger partial charge in [0.15, 0.2) is 0 Å². The van der Waals surface area contributed by atoms with Crippen LogP contribution >= 0.6 is 23.2 Å². The van der Waals surface area contributed by atoms with Crippen LogP contribution in [0.1, 0.15) is 37.3 Å². The predicted molar refractivity (Wildman–Crippen MR) is 118 cm³/mol. The van der Waals surface area contributed by atoms with Crippen LogP contribution in [0.2, 0.25) is 10.3 Å². The number of aryl methyl sites for hydroxylation is 1. The van der Waals surface area contributed by atoms with Crippen LogP contribution in [0.15, 0.2) is 42.7 Å². The Balaban J connectivity index is 1.27. The summed E-state index contributed by atoms with van der Waals surface area (Å²) in [5.41, 5.74) is 8.99. The van der Waals surface area contributed by atoms with E-state index in [1.807, 2.05) is 6.07 Å². The molecule has 1 aliphatic carbocycles. The van der Waals surface area contributed by atoms with Gasteiger partial charge in [-0.1, -0.05) is 23.7 Å². The van der Waals surface area contributed by atoms with Crippen LogP contribution in [0.4, 0.5) is 5.82 Å². The first-order chi connectivity index (χ1) is 14.1. The molecular weight excluding hydrogens is 405 g/mol. The molecule has 0 amide bonds. The van der Waals surface area contributed by atoms with Crippen molar-refractivity contribution in [3.05, 3.63) is 58.6 Å². The summed E-state index contributed by atoms with van der Waals surface area (Å²) >= 11 is 12.1. The van der Waals surface area contributed by atoms with E-state index in [9.17, 15) is 0 Å². The second-order valence-electron chi connectivity index (χ2n) is 7.90. The third kappa shape index (κ3) is 3.65. The Bertz CT molecular complexity index is 1200. The summed E-state index contributed by atoms with van der Waals surface area (Å²) in [6.45, 7) is 0. The monoisotopic (exact) mass is 425 g/mol. The van der Waals surface area contributed by atoms with Gasteiger partial charge in [0.25, 0.3) is 0 Å². The molecule has 0 radical (unpaired) electrons. The van der Waals surface area contributed by atoms with Gasteiger partial charge in [0.1, 0.15) is 11.5 Å². The molecule has 1 aromatic carbocycles. The van der Waals surface area contributed by atoms with Gasteiger partial charge in [-0.15, -0.1) is 0 Å². The van der Waals surface area contributed by atoms with E-state index >= 15 is 0 Å². The standard InChI is InChI=1S/C22H21Cl2N5/c23-18-11-15-5-3-14(10-19(15)27-20(18)25)2-1-13-4-6-17(9-13)29-8-7-16-12-26-22(24)28-21(16)29/h3,5,7-8,10-13,17H,1-2,4,6,9H2,(H2,25,27). The van der Waals surface area contributed by atoms with E-state index in [1.54, 1.807) is 6.20 Å². The second-order valence-corrected chi connectivity index (χ2v) is 8.64. The van der Waals surface area contributed by atoms with E-state index in [0.717, 1.165) is 28.4 Å². The zero-order valence-electron chi connectivity index (χ0n) is 15.9. The zero-order valence-corrected chi connectivity index (χ0v) is 17.4. The van der Waals surface area contributed by atoms with E-state index in [2.05, 4.69) is 50.0 Å². The fourth-order valence-electron chi connectivity index (χ4n) is 4.50. The second kappa shape index (κ2) is 7.47. The largest absolute Gasteiger partial charge is 0.382 e. The van der Waals surface area contributed by atoms with Gasteiger partial charge in [-0.2, -0.15) is 4.98 Å². The van der Waals surface area contributed by atoms with Crippen LogP contribution in [-0.4, -0.2) is 19.5 Å². The van der Waals surface area contributed by atoms with Crippen LogP contribution in [0.5, 0.6) is 0 Å². The van der Waals surface area contributed by atoms with E-state index in [1.165, 1.54) is 31.2 Å². The fourth-order valence-corrected chi connectivity index (χ4v) is 4.79. The topological polar surface area (TPSA) is 69.6 Å². The number of benzene rings is 1. The van der Waals surface area contributed by atoms with Crippen LogP contribution < -0.4 is 5.73 Å². The Morgan fingerprint density at radius 2 is 1.97 bits per heavy atom. The van der Waals surface area contributed by atoms with Crippen molar-refractivity contribution in [1.82, 2.24) is 19.5 Å². The Labute approximate surface area is 178 Å². The van der Waals surface area contributed by atoms with E-state index < -0.39 is 0 Å². The van der Waals surface area contributed by atoms with E-state index in [0.29, 0.717) is 28.1 Å². The van der Waals surface area contributed by atoms with E-state index in [4.69, 9.17) is 28.9 Å². The van der Waals surface area contributed by atoms with Gasteiger partial charge in [0.05, 0.1) is 10.5 Å². The molecular formula is C22H21Cl2N5. The number of nitrogen functional groups attached to an aromatic ring is 1. The number of nitrogens with zero attached hydrogens (tertiary/aromatic N) is 4. The lowest BCUT2D eigenvalue weighted by molar-refractivity contribution is 0.461. The minimum Gasteiger partial charge on any atom is -0.382 e. The lowest BCUT2D eigenvalue weighted by Crippen LogP contribution is -2.06. The molecule has 1 fully saturated rings. The summed E-state index contributed by atoms with van der Waals surface area (Å²) in [7, 11) is 0. The van der Waals surface area contributed by atoms with Crippen molar-refractivity contribution in [3.8, 4) is 0 Å². The number of aromatic nitrogens is 4. The maximum atomic E-state index is 6.07. The van der Waals surface area contributed by atoms with Gasteiger partial charge in [0.2, 0.25) is 5.28 Å². The van der Waals surface area contributed by atoms with Crippen molar-refractivity contribution in [2.75, 3.05) is 5.73 Å². The lowest BCUT2D eigenvalue weighted by atomic mass is 9.97. The first kappa shape index (κ1) is 18.6. The Kier molecular flexibility index (Phi) is 4.80. The zero-order chi connectivity index (χ0) is 20.0. The molecule has 5 rings (SSSR count). The maximum Gasteiger partial charge on any atom is 0.224 e. The first-order valence-corrected chi connectivity index (χ1v) is 10.7. The molecule has 0 spiro atoms. The number of halogens is 2. The molecule has 2 atom stereocenters. The molecule has 2 unspecified atom stereocenters. The van der Waals surface area contributed by atoms with Crippen molar-refractivity contribution in [1.29, 1.82) is 0 Å². The van der Waals surface area contributed by atoms with Crippen molar-refractivity contribution < 1.29 is 0 Å². The molecule has 1 aliphatic rings. The lowest BCUT2D eigenvalue weighted by Gasteiger charge is -2.14. The average Bonchev–Trinajstić information content (AvgIpc) is 3.33. The van der Waals surface area contributed by atoms with Crippen molar-refractivity contribution in [3.63, 3.8) is 0 Å². The summed E-state index contributed by atoms with van der Waals surface area (Å²) < 4.78 is 2.27. The Morgan fingerprint density at radius 1 is 1.07 bits per heavy atom. The van der Waals surface area contributed by atoms with Gasteiger partial charge in [-0.05, 0) is 73.4 Å². The number of anilines is 1. The molecule has 4 aromatic rings. The van der Waals surface area contributed by atoms with Gasteiger partial charge >= 0.3 is 0 Å². The average molecular weight is 426 g/mol. The summed E-state index contributed by atoms with van der Waals surface area (Å²) in [4.78, 5) is 12.9. The molecule has 0 bridgehead atoms. The quantitative estimate of drug-likeness (QED) is 0.416. The van der Waals surface area contributed by atoms with Gasteiger partial charge in [-0.3, -0.25) is 0 Å². The highest BCUT2D eigenvalue weighted by atomic mass is 35.5. The van der Waals surface area contributed by atoms with Crippen LogP contribution in [-0.2, 0) is 6.42 Å². The summed E-state index contributed by atoms with van der Waals surface area (Å²) in [5.74, 6) is 1.09. The molecule has 5 nitrogen and oxygen atoms in total. The Morgan fingerprint density at radius 3 is 2.86 bits per heavy atom. The molecule has 29 heavy (non-hydrogen) atoms. The minimum atomic E-state index is 0.304. The molecule has 148 valence electrons. The molecule has 1 saturated carbocycles. The van der Waals surface area contributed by atoms with Gasteiger partial charge < -0.3 is 10.3 Å². The normalized spacial score (nSPS) is 19.4. The third-order valence-electron chi connectivity index (χ3n) is 6.04. The molecule has 3 heterocycles. The number of pyridine rings is 1. The molecule has 3 aromatic heterocycles. The number of hydrogen-bond donors (Lipinski definition) is 1. The third-order valence-corrected chi connectivity index (χ3v) is 6.52. The van der Waals surface area contributed by atoms with Crippen molar-refractivity contribution in [2.45, 2.75) is 38.1 Å². The molecule has 7 heteroatoms. The Hall–Kier alpha value is -2.37. The number of hydrogen-bond acceptors (Lipinski definition) is 4. The van der Waals surface area contributed by atoms with Gasteiger partial charge in [0, 0.05) is 29.2 Å². The first-order valence-electron chi connectivity index (χ1n) is 9.90.